The quantitative estimate of drug-likeness (QED) is 0.629. The Morgan fingerprint density at radius 1 is 1.37 bits per heavy atom. The molecule has 6 nitrogen and oxygen atoms in total. The predicted molar refractivity (Wildman–Crippen MR) is 69.6 cm³/mol. The topological polar surface area (TPSA) is 95.7 Å². The first kappa shape index (κ1) is 15.9. The highest BCUT2D eigenvalue weighted by Crippen LogP contribution is 2.20. The van der Waals surface area contributed by atoms with Gasteiger partial charge in [-0.2, -0.15) is 0 Å². The Balaban J connectivity index is 2.84. The number of primary sulfonamides is 1. The lowest BCUT2D eigenvalue weighted by Crippen LogP contribution is -2.14. The predicted octanol–water partition coefficient (Wildman–Crippen LogP) is 1.18. The number of ether oxygens (including phenoxy) is 2. The number of benzene rings is 1. The maximum atomic E-state index is 11.7. The van der Waals surface area contributed by atoms with Crippen molar-refractivity contribution in [3.63, 3.8) is 0 Å². The highest BCUT2D eigenvalue weighted by atomic mass is 35.5. The Morgan fingerprint density at radius 3 is 2.63 bits per heavy atom. The van der Waals surface area contributed by atoms with Crippen LogP contribution in [0.25, 0.3) is 0 Å². The Hall–Kier alpha value is -1.15. The zero-order chi connectivity index (χ0) is 14.5. The van der Waals surface area contributed by atoms with Gasteiger partial charge in [-0.15, -0.1) is 0 Å². The van der Waals surface area contributed by atoms with E-state index in [1.54, 1.807) is 0 Å². The summed E-state index contributed by atoms with van der Waals surface area (Å²) in [5.74, 6) is -0.702. The number of halogens is 1. The third-order valence-electron chi connectivity index (χ3n) is 2.21. The fourth-order valence-corrected chi connectivity index (χ4v) is 2.02. The summed E-state index contributed by atoms with van der Waals surface area (Å²) in [4.78, 5) is 11.5. The number of nitrogens with two attached hydrogens (primary N) is 1. The third-order valence-corrected chi connectivity index (χ3v) is 3.45. The van der Waals surface area contributed by atoms with Gasteiger partial charge in [-0.05, 0) is 18.2 Å². The molecule has 0 atom stereocenters. The maximum absolute atomic E-state index is 11.7. The lowest BCUT2D eigenvalue weighted by molar-refractivity contribution is 0.0468. The lowest BCUT2D eigenvalue weighted by Gasteiger charge is -2.07. The number of sulfonamides is 1. The van der Waals surface area contributed by atoms with Crippen LogP contribution in [0.3, 0.4) is 0 Å². The van der Waals surface area contributed by atoms with Crippen molar-refractivity contribution >= 4 is 27.6 Å². The zero-order valence-electron chi connectivity index (χ0n) is 10.3. The van der Waals surface area contributed by atoms with Crippen molar-refractivity contribution in [1.29, 1.82) is 0 Å². The van der Waals surface area contributed by atoms with Gasteiger partial charge in [0.15, 0.2) is 0 Å². The van der Waals surface area contributed by atoms with E-state index < -0.39 is 16.0 Å². The van der Waals surface area contributed by atoms with Crippen molar-refractivity contribution in [2.45, 2.75) is 11.3 Å². The van der Waals surface area contributed by atoms with Crippen LogP contribution in [-0.4, -0.2) is 34.7 Å². The molecule has 0 heterocycles. The van der Waals surface area contributed by atoms with E-state index >= 15 is 0 Å². The second-order valence-corrected chi connectivity index (χ2v) is 5.64. The van der Waals surface area contributed by atoms with Crippen molar-refractivity contribution < 1.29 is 22.7 Å². The molecule has 0 saturated carbocycles. The van der Waals surface area contributed by atoms with E-state index in [0.717, 1.165) is 6.07 Å². The van der Waals surface area contributed by atoms with E-state index in [9.17, 15) is 13.2 Å². The molecule has 0 spiro atoms. The summed E-state index contributed by atoms with van der Waals surface area (Å²) >= 11 is 5.82. The normalized spacial score (nSPS) is 11.3. The molecule has 2 N–H and O–H groups in total. The molecule has 1 rings (SSSR count). The van der Waals surface area contributed by atoms with Crippen molar-refractivity contribution in [2.75, 3.05) is 20.3 Å². The number of hydrogen-bond donors (Lipinski definition) is 1. The number of rotatable bonds is 6. The van der Waals surface area contributed by atoms with Crippen LogP contribution in [0.5, 0.6) is 0 Å². The molecular formula is C11H14ClNO5S. The highest BCUT2D eigenvalue weighted by molar-refractivity contribution is 7.89. The maximum Gasteiger partial charge on any atom is 0.339 e. The van der Waals surface area contributed by atoms with Crippen LogP contribution in [0, 0.1) is 0 Å². The summed E-state index contributed by atoms with van der Waals surface area (Å²) in [5.41, 5.74) is -0.0365. The van der Waals surface area contributed by atoms with E-state index in [1.165, 1.54) is 19.2 Å². The highest BCUT2D eigenvalue weighted by Gasteiger charge is 2.16. The molecule has 0 fully saturated rings. The molecule has 0 aliphatic rings. The largest absolute Gasteiger partial charge is 0.462 e. The first-order valence-corrected chi connectivity index (χ1v) is 7.27. The van der Waals surface area contributed by atoms with E-state index in [4.69, 9.17) is 26.2 Å². The molecule has 0 unspecified atom stereocenters. The SMILES string of the molecule is COCCCOC(=O)c1cc(S(N)(=O)=O)ccc1Cl. The van der Waals surface area contributed by atoms with Crippen LogP contribution < -0.4 is 5.14 Å². The summed E-state index contributed by atoms with van der Waals surface area (Å²) in [6.07, 6.45) is 0.536. The molecule has 0 aromatic heterocycles. The molecule has 0 amide bonds. The molecule has 8 heteroatoms. The van der Waals surface area contributed by atoms with Gasteiger partial charge in [-0.3, -0.25) is 0 Å². The Morgan fingerprint density at radius 2 is 2.05 bits per heavy atom. The van der Waals surface area contributed by atoms with Crippen molar-refractivity contribution in [3.05, 3.63) is 28.8 Å². The molecular weight excluding hydrogens is 294 g/mol. The Labute approximate surface area is 116 Å². The first-order valence-electron chi connectivity index (χ1n) is 5.34. The second-order valence-electron chi connectivity index (χ2n) is 3.67. The van der Waals surface area contributed by atoms with Crippen molar-refractivity contribution in [1.82, 2.24) is 0 Å². The molecule has 1 aromatic carbocycles. The van der Waals surface area contributed by atoms with E-state index in [-0.39, 0.29) is 22.1 Å². The summed E-state index contributed by atoms with van der Waals surface area (Å²) in [7, 11) is -2.36. The van der Waals surface area contributed by atoms with Crippen LogP contribution >= 0.6 is 11.6 Å². The molecule has 0 aliphatic carbocycles. The average Bonchev–Trinajstić information content (AvgIpc) is 2.33. The van der Waals surface area contributed by atoms with Gasteiger partial charge < -0.3 is 9.47 Å². The number of carbonyl (C=O) groups excluding carboxylic acids is 1. The first-order chi connectivity index (χ1) is 8.86. The minimum absolute atomic E-state index is 0.0365. The number of hydrogen-bond acceptors (Lipinski definition) is 5. The number of methoxy groups -OCH3 is 1. The summed E-state index contributed by atoms with van der Waals surface area (Å²) in [6.45, 7) is 0.612. The number of esters is 1. The van der Waals surface area contributed by atoms with Crippen molar-refractivity contribution in [3.8, 4) is 0 Å². The smallest absolute Gasteiger partial charge is 0.339 e. The summed E-state index contributed by atoms with van der Waals surface area (Å²) in [6, 6.07) is 3.60. The van der Waals surface area contributed by atoms with Crippen LogP contribution in [0.15, 0.2) is 23.1 Å². The van der Waals surface area contributed by atoms with Crippen LogP contribution in [-0.2, 0) is 19.5 Å². The van der Waals surface area contributed by atoms with Gasteiger partial charge in [0.2, 0.25) is 10.0 Å². The molecule has 0 radical (unpaired) electrons. The molecule has 0 aliphatic heterocycles. The number of carbonyl (C=O) groups is 1. The summed E-state index contributed by atoms with van der Waals surface area (Å²) in [5, 5.41) is 5.08. The molecule has 0 bridgehead atoms. The van der Waals surface area contributed by atoms with Crippen LogP contribution in [0.2, 0.25) is 5.02 Å². The Bertz CT molecular complexity index is 558. The van der Waals surface area contributed by atoms with Gasteiger partial charge in [0.05, 0.1) is 22.1 Å². The lowest BCUT2D eigenvalue weighted by atomic mass is 10.2. The van der Waals surface area contributed by atoms with Gasteiger partial charge in [0.1, 0.15) is 0 Å². The van der Waals surface area contributed by atoms with Gasteiger partial charge in [-0.1, -0.05) is 11.6 Å². The van der Waals surface area contributed by atoms with Crippen LogP contribution in [0.1, 0.15) is 16.8 Å². The molecule has 19 heavy (non-hydrogen) atoms. The van der Waals surface area contributed by atoms with E-state index in [2.05, 4.69) is 0 Å². The van der Waals surface area contributed by atoms with Gasteiger partial charge in [0.25, 0.3) is 0 Å². The molecule has 0 saturated heterocycles. The van der Waals surface area contributed by atoms with E-state index in [0.29, 0.717) is 13.0 Å². The minimum Gasteiger partial charge on any atom is -0.462 e. The van der Waals surface area contributed by atoms with Gasteiger partial charge in [0, 0.05) is 20.1 Å². The van der Waals surface area contributed by atoms with Crippen LogP contribution in [0.4, 0.5) is 0 Å². The van der Waals surface area contributed by atoms with Gasteiger partial charge in [-0.25, -0.2) is 18.4 Å². The monoisotopic (exact) mass is 307 g/mol. The molecule has 1 aromatic rings. The third kappa shape index (κ3) is 4.79. The van der Waals surface area contributed by atoms with Gasteiger partial charge >= 0.3 is 5.97 Å². The Kier molecular flexibility index (Phi) is 5.74. The zero-order valence-corrected chi connectivity index (χ0v) is 11.8. The standard InChI is InChI=1S/C11H14ClNO5S/c1-17-5-2-6-18-11(14)9-7-8(19(13,15)16)3-4-10(9)12/h3-4,7H,2,5-6H2,1H3,(H2,13,15,16). The fraction of sp³-hybridized carbons (Fsp3) is 0.364. The minimum atomic E-state index is -3.89. The fourth-order valence-electron chi connectivity index (χ4n) is 1.28. The molecule has 106 valence electrons. The average molecular weight is 308 g/mol. The second kappa shape index (κ2) is 6.85. The van der Waals surface area contributed by atoms with E-state index in [1.807, 2.05) is 0 Å². The summed E-state index contributed by atoms with van der Waals surface area (Å²) < 4.78 is 32.1. The van der Waals surface area contributed by atoms with Crippen molar-refractivity contribution in [2.24, 2.45) is 5.14 Å².